The van der Waals surface area contributed by atoms with Crippen LogP contribution in [-0.2, 0) is 17.6 Å². The zero-order chi connectivity index (χ0) is 17.4. The summed E-state index contributed by atoms with van der Waals surface area (Å²) >= 11 is 5.36. The van der Waals surface area contributed by atoms with E-state index in [4.69, 9.17) is 12.2 Å². The molecule has 0 atom stereocenters. The molecule has 25 heavy (non-hydrogen) atoms. The molecule has 0 saturated heterocycles. The quantitative estimate of drug-likeness (QED) is 0.842. The van der Waals surface area contributed by atoms with Crippen LogP contribution in [0.25, 0.3) is 0 Å². The van der Waals surface area contributed by atoms with Crippen LogP contribution in [0, 0.1) is 16.0 Å². The third-order valence-electron chi connectivity index (χ3n) is 4.72. The first-order chi connectivity index (χ1) is 12.2. The van der Waals surface area contributed by atoms with E-state index in [0.717, 1.165) is 48.1 Å². The zero-order valence-electron chi connectivity index (χ0n) is 13.6. The van der Waals surface area contributed by atoms with E-state index in [1.807, 2.05) is 30.3 Å². The lowest BCUT2D eigenvalue weighted by atomic mass is 9.89. The number of rotatable bonds is 2. The molecule has 0 spiro atoms. The van der Waals surface area contributed by atoms with Gasteiger partial charge in [-0.2, -0.15) is 15.4 Å². The van der Waals surface area contributed by atoms with E-state index in [9.17, 15) is 10.1 Å². The second-order valence-corrected chi connectivity index (χ2v) is 6.66. The molecule has 124 valence electrons. The van der Waals surface area contributed by atoms with Gasteiger partial charge in [-0.15, -0.1) is 0 Å². The van der Waals surface area contributed by atoms with E-state index in [2.05, 4.69) is 16.2 Å². The number of fused-ring (bicyclic) bond motifs is 1. The molecule has 1 amide bonds. The predicted octanol–water partition coefficient (Wildman–Crippen LogP) is 3.64. The minimum atomic E-state index is -0.0815. The number of amides is 1. The van der Waals surface area contributed by atoms with Crippen LogP contribution in [0.4, 0.5) is 5.82 Å². The Labute approximate surface area is 150 Å². The number of pyridine rings is 1. The Bertz CT molecular complexity index is 985. The summed E-state index contributed by atoms with van der Waals surface area (Å²) in [7, 11) is 0. The van der Waals surface area contributed by atoms with Gasteiger partial charge in [-0.05, 0) is 42.4 Å². The maximum absolute atomic E-state index is 12.6. The molecule has 0 unspecified atom stereocenters. The topological polar surface area (TPSA) is 72.2 Å². The fraction of sp³-hybridized carbons (Fsp3) is 0.263. The molecule has 2 aliphatic rings. The van der Waals surface area contributed by atoms with Crippen LogP contribution in [-0.4, -0.2) is 16.6 Å². The van der Waals surface area contributed by atoms with Crippen molar-refractivity contribution in [1.29, 1.82) is 5.26 Å². The summed E-state index contributed by atoms with van der Waals surface area (Å²) in [6.45, 7) is 0. The Morgan fingerprint density at radius 2 is 1.88 bits per heavy atom. The number of nitrogens with one attached hydrogen (secondary N) is 1. The number of hydrazone groups is 1. The Kier molecular flexibility index (Phi) is 3.94. The molecular formula is C19H16N4OS. The van der Waals surface area contributed by atoms with Crippen molar-refractivity contribution in [2.45, 2.75) is 32.1 Å². The number of nitriles is 1. The number of aromatic nitrogens is 1. The zero-order valence-corrected chi connectivity index (χ0v) is 14.4. The summed E-state index contributed by atoms with van der Waals surface area (Å²) in [4.78, 5) is 15.7. The lowest BCUT2D eigenvalue weighted by Crippen LogP contribution is -2.24. The minimum Gasteiger partial charge on any atom is -0.330 e. The van der Waals surface area contributed by atoms with Gasteiger partial charge >= 0.3 is 0 Å². The molecule has 1 N–H and O–H groups in total. The van der Waals surface area contributed by atoms with Crippen molar-refractivity contribution < 1.29 is 4.79 Å². The van der Waals surface area contributed by atoms with Crippen molar-refractivity contribution >= 4 is 29.7 Å². The lowest BCUT2D eigenvalue weighted by molar-refractivity contribution is -0.116. The fourth-order valence-corrected chi connectivity index (χ4v) is 3.78. The predicted molar refractivity (Wildman–Crippen MR) is 98.1 cm³/mol. The van der Waals surface area contributed by atoms with Crippen molar-refractivity contribution in [1.82, 2.24) is 4.98 Å². The van der Waals surface area contributed by atoms with E-state index >= 15 is 0 Å². The van der Waals surface area contributed by atoms with Gasteiger partial charge < -0.3 is 4.98 Å². The maximum Gasteiger partial charge on any atom is 0.254 e. The Morgan fingerprint density at radius 3 is 2.60 bits per heavy atom. The highest BCUT2D eigenvalue weighted by atomic mass is 32.1. The molecule has 1 aliphatic heterocycles. The lowest BCUT2D eigenvalue weighted by Gasteiger charge is -2.23. The first-order valence-electron chi connectivity index (χ1n) is 8.33. The van der Waals surface area contributed by atoms with Gasteiger partial charge in [0.1, 0.15) is 16.5 Å². The van der Waals surface area contributed by atoms with Gasteiger partial charge in [0, 0.05) is 0 Å². The second-order valence-electron chi connectivity index (χ2n) is 6.25. The molecule has 1 aromatic carbocycles. The fourth-order valence-electron chi connectivity index (χ4n) is 3.52. The highest BCUT2D eigenvalue weighted by molar-refractivity contribution is 7.71. The summed E-state index contributed by atoms with van der Waals surface area (Å²) < 4.78 is 0.384. The molecule has 2 heterocycles. The van der Waals surface area contributed by atoms with Gasteiger partial charge in [0.05, 0.1) is 17.7 Å². The molecule has 0 bridgehead atoms. The summed E-state index contributed by atoms with van der Waals surface area (Å²) in [6, 6.07) is 11.9. The van der Waals surface area contributed by atoms with Crippen LogP contribution in [0.5, 0.6) is 0 Å². The van der Waals surface area contributed by atoms with E-state index in [1.165, 1.54) is 5.01 Å². The number of aromatic amines is 1. The van der Waals surface area contributed by atoms with Crippen molar-refractivity contribution in [2.24, 2.45) is 5.10 Å². The number of nitrogens with zero attached hydrogens (tertiary/aromatic N) is 3. The van der Waals surface area contributed by atoms with Gasteiger partial charge in [-0.3, -0.25) is 4.79 Å². The van der Waals surface area contributed by atoms with E-state index in [1.54, 1.807) is 0 Å². The first-order valence-corrected chi connectivity index (χ1v) is 8.74. The van der Waals surface area contributed by atoms with Crippen molar-refractivity contribution in [3.63, 3.8) is 0 Å². The van der Waals surface area contributed by atoms with Crippen molar-refractivity contribution in [3.05, 3.63) is 57.2 Å². The summed E-state index contributed by atoms with van der Waals surface area (Å²) in [5.74, 6) is 0.552. The number of H-pyrrole nitrogens is 1. The highest BCUT2D eigenvalue weighted by Gasteiger charge is 2.30. The van der Waals surface area contributed by atoms with Crippen LogP contribution in [0.1, 0.15) is 41.5 Å². The Morgan fingerprint density at radius 1 is 1.16 bits per heavy atom. The molecule has 1 aliphatic carbocycles. The summed E-state index contributed by atoms with van der Waals surface area (Å²) in [5.41, 5.74) is 4.21. The molecule has 0 radical (unpaired) electrons. The molecule has 0 fully saturated rings. The highest BCUT2D eigenvalue weighted by Crippen LogP contribution is 2.33. The summed E-state index contributed by atoms with van der Waals surface area (Å²) in [5, 5.41) is 15.4. The molecule has 6 heteroatoms. The van der Waals surface area contributed by atoms with Crippen LogP contribution in [0.3, 0.4) is 0 Å². The number of anilines is 1. The number of carbonyl (C=O) groups is 1. The monoisotopic (exact) mass is 348 g/mol. The minimum absolute atomic E-state index is 0.0815. The van der Waals surface area contributed by atoms with Crippen molar-refractivity contribution in [3.8, 4) is 6.07 Å². The Balaban J connectivity index is 1.84. The van der Waals surface area contributed by atoms with Crippen LogP contribution < -0.4 is 5.01 Å². The molecule has 5 nitrogen and oxygen atoms in total. The van der Waals surface area contributed by atoms with E-state index in [0.29, 0.717) is 16.0 Å². The SMILES string of the molecule is N#Cc1c2c(c(N3N=C(c4ccccc4)CC3=O)[nH]c1=S)CCCC2. The second kappa shape index (κ2) is 6.26. The van der Waals surface area contributed by atoms with E-state index < -0.39 is 0 Å². The number of hydrogen-bond acceptors (Lipinski definition) is 4. The largest absolute Gasteiger partial charge is 0.330 e. The Hall–Kier alpha value is -2.78. The van der Waals surface area contributed by atoms with E-state index in [-0.39, 0.29) is 12.3 Å². The number of hydrogen-bond donors (Lipinski definition) is 1. The average molecular weight is 348 g/mol. The first kappa shape index (κ1) is 15.7. The third-order valence-corrected chi connectivity index (χ3v) is 5.03. The molecule has 1 aromatic heterocycles. The van der Waals surface area contributed by atoms with Gasteiger partial charge in [-0.25, -0.2) is 0 Å². The van der Waals surface area contributed by atoms with Crippen LogP contribution in [0.15, 0.2) is 35.4 Å². The van der Waals surface area contributed by atoms with Crippen LogP contribution in [0.2, 0.25) is 0 Å². The normalized spacial score (nSPS) is 16.4. The smallest absolute Gasteiger partial charge is 0.254 e. The number of benzene rings is 1. The van der Waals surface area contributed by atoms with Crippen molar-refractivity contribution in [2.75, 3.05) is 5.01 Å². The van der Waals surface area contributed by atoms with Gasteiger partial charge in [0.15, 0.2) is 0 Å². The maximum atomic E-state index is 12.6. The standard InChI is InChI=1S/C19H16N4OS/c20-11-15-13-8-4-5-9-14(13)18(21-19(15)25)23-17(24)10-16(22-23)12-6-2-1-3-7-12/h1-3,6-7H,4-5,8-10H2,(H,21,25). The van der Waals surface area contributed by atoms with Gasteiger partial charge in [0.25, 0.3) is 5.91 Å². The van der Waals surface area contributed by atoms with Gasteiger partial charge in [-0.1, -0.05) is 42.5 Å². The molecule has 0 saturated carbocycles. The number of carbonyl (C=O) groups excluding carboxylic acids is 1. The average Bonchev–Trinajstić information content (AvgIpc) is 3.03. The van der Waals surface area contributed by atoms with Gasteiger partial charge in [0.2, 0.25) is 0 Å². The molecular weight excluding hydrogens is 332 g/mol. The molecule has 2 aromatic rings. The molecule has 4 rings (SSSR count). The third kappa shape index (κ3) is 2.67. The van der Waals surface area contributed by atoms with Crippen LogP contribution >= 0.6 is 12.2 Å². The summed E-state index contributed by atoms with van der Waals surface area (Å²) in [6.07, 6.45) is 3.98.